The zero-order valence-corrected chi connectivity index (χ0v) is 10.6. The summed E-state index contributed by atoms with van der Waals surface area (Å²) in [6.07, 6.45) is 10.2. The molecule has 1 aliphatic heterocycles. The van der Waals surface area contributed by atoms with Crippen LogP contribution in [0.3, 0.4) is 0 Å². The summed E-state index contributed by atoms with van der Waals surface area (Å²) in [6.45, 7) is 2.74. The van der Waals surface area contributed by atoms with E-state index in [1.165, 1.54) is 63.4 Å². The van der Waals surface area contributed by atoms with Crippen LogP contribution in [0, 0.1) is 5.92 Å². The lowest BCUT2D eigenvalue weighted by Gasteiger charge is -2.31. The monoisotopic (exact) mass is 259 g/mol. The van der Waals surface area contributed by atoms with Gasteiger partial charge in [0, 0.05) is 11.4 Å². The molecule has 1 nitrogen and oxygen atoms in total. The highest BCUT2D eigenvalue weighted by molar-refractivity contribution is 9.09. The molecule has 82 valence electrons. The molecule has 0 radical (unpaired) electrons. The van der Waals surface area contributed by atoms with E-state index >= 15 is 0 Å². The molecule has 0 spiro atoms. The molecule has 2 rings (SSSR count). The average molecular weight is 260 g/mol. The van der Waals surface area contributed by atoms with Gasteiger partial charge < -0.3 is 4.90 Å². The summed E-state index contributed by atoms with van der Waals surface area (Å²) in [5.41, 5.74) is 0. The third-order valence-corrected chi connectivity index (χ3v) is 4.51. The lowest BCUT2D eigenvalue weighted by atomic mass is 9.85. The first-order valence-corrected chi connectivity index (χ1v) is 7.34. The van der Waals surface area contributed by atoms with Crippen molar-refractivity contribution >= 4 is 15.9 Å². The van der Waals surface area contributed by atoms with Gasteiger partial charge >= 0.3 is 0 Å². The van der Waals surface area contributed by atoms with Crippen LogP contribution in [0.5, 0.6) is 0 Å². The van der Waals surface area contributed by atoms with Gasteiger partial charge in [0.15, 0.2) is 0 Å². The Hall–Kier alpha value is 0.440. The summed E-state index contributed by atoms with van der Waals surface area (Å²) >= 11 is 3.51. The van der Waals surface area contributed by atoms with E-state index in [1.54, 1.807) is 0 Å². The van der Waals surface area contributed by atoms with Gasteiger partial charge in [-0.05, 0) is 51.1 Å². The Labute approximate surface area is 96.4 Å². The minimum Gasteiger partial charge on any atom is -0.300 e. The molecule has 0 bridgehead atoms. The zero-order chi connectivity index (χ0) is 9.80. The van der Waals surface area contributed by atoms with Crippen molar-refractivity contribution < 1.29 is 0 Å². The fourth-order valence-electron chi connectivity index (χ4n) is 3.19. The number of alkyl halides is 1. The van der Waals surface area contributed by atoms with E-state index in [0.29, 0.717) is 0 Å². The van der Waals surface area contributed by atoms with Gasteiger partial charge in [-0.25, -0.2) is 0 Å². The predicted molar refractivity (Wildman–Crippen MR) is 65.0 cm³/mol. The van der Waals surface area contributed by atoms with Crippen LogP contribution in [0.1, 0.15) is 44.9 Å². The van der Waals surface area contributed by atoms with Crippen LogP contribution < -0.4 is 0 Å². The molecule has 2 heteroatoms. The summed E-state index contributed by atoms with van der Waals surface area (Å²) in [6, 6.07) is 0.971. The summed E-state index contributed by atoms with van der Waals surface area (Å²) < 4.78 is 0. The summed E-state index contributed by atoms with van der Waals surface area (Å²) in [5, 5.41) is 1.18. The Balaban J connectivity index is 1.76. The number of rotatable bonds is 4. The molecule has 1 saturated carbocycles. The van der Waals surface area contributed by atoms with E-state index in [0.717, 1.165) is 12.0 Å². The predicted octanol–water partition coefficient (Wildman–Crippen LogP) is 3.43. The second-order valence-electron chi connectivity index (χ2n) is 4.83. The molecule has 0 aromatic carbocycles. The van der Waals surface area contributed by atoms with E-state index in [4.69, 9.17) is 0 Å². The SMILES string of the molecule is BrCCCCN1CCC2CCCCC21. The molecule has 2 atom stereocenters. The van der Waals surface area contributed by atoms with Crippen LogP contribution in [0.4, 0.5) is 0 Å². The lowest BCUT2D eigenvalue weighted by Crippen LogP contribution is -2.35. The molecule has 1 heterocycles. The molecule has 14 heavy (non-hydrogen) atoms. The second kappa shape index (κ2) is 5.50. The Bertz CT molecular complexity index is 172. The quantitative estimate of drug-likeness (QED) is 0.553. The molecular formula is C12H22BrN. The molecule has 1 saturated heterocycles. The maximum atomic E-state index is 3.51. The van der Waals surface area contributed by atoms with E-state index in [-0.39, 0.29) is 0 Å². The molecule has 2 unspecified atom stereocenters. The lowest BCUT2D eigenvalue weighted by molar-refractivity contribution is 0.181. The third kappa shape index (κ3) is 2.52. The van der Waals surface area contributed by atoms with E-state index in [2.05, 4.69) is 20.8 Å². The highest BCUT2D eigenvalue weighted by atomic mass is 79.9. The molecule has 0 aromatic rings. The van der Waals surface area contributed by atoms with Gasteiger partial charge in [0.25, 0.3) is 0 Å². The van der Waals surface area contributed by atoms with Crippen molar-refractivity contribution in [1.82, 2.24) is 4.90 Å². The number of likely N-dealkylation sites (tertiary alicyclic amines) is 1. The fraction of sp³-hybridized carbons (Fsp3) is 1.00. The van der Waals surface area contributed by atoms with Crippen molar-refractivity contribution in [2.45, 2.75) is 51.0 Å². The third-order valence-electron chi connectivity index (χ3n) is 3.95. The minimum absolute atomic E-state index is 0.971. The molecular weight excluding hydrogens is 238 g/mol. The summed E-state index contributed by atoms with van der Waals surface area (Å²) in [5.74, 6) is 1.06. The number of halogens is 1. The molecule has 2 aliphatic rings. The first kappa shape index (κ1) is 10.9. The molecule has 1 aliphatic carbocycles. The highest BCUT2D eigenvalue weighted by Gasteiger charge is 2.34. The molecule has 0 N–H and O–H groups in total. The van der Waals surface area contributed by atoms with Crippen molar-refractivity contribution in [3.05, 3.63) is 0 Å². The first-order chi connectivity index (χ1) is 6.92. The second-order valence-corrected chi connectivity index (χ2v) is 5.63. The summed E-state index contributed by atoms with van der Waals surface area (Å²) in [4.78, 5) is 2.77. The van der Waals surface area contributed by atoms with Gasteiger partial charge in [0.05, 0.1) is 0 Å². The maximum Gasteiger partial charge on any atom is 0.0124 e. The largest absolute Gasteiger partial charge is 0.300 e. The van der Waals surface area contributed by atoms with Crippen LogP contribution in [0.2, 0.25) is 0 Å². The number of hydrogen-bond acceptors (Lipinski definition) is 1. The fourth-order valence-corrected chi connectivity index (χ4v) is 3.59. The summed E-state index contributed by atoms with van der Waals surface area (Å²) in [7, 11) is 0. The van der Waals surface area contributed by atoms with Crippen LogP contribution in [0.25, 0.3) is 0 Å². The Morgan fingerprint density at radius 3 is 2.79 bits per heavy atom. The van der Waals surface area contributed by atoms with Crippen molar-refractivity contribution in [3.63, 3.8) is 0 Å². The van der Waals surface area contributed by atoms with E-state index < -0.39 is 0 Å². The highest BCUT2D eigenvalue weighted by Crippen LogP contribution is 2.36. The van der Waals surface area contributed by atoms with Gasteiger partial charge in [0.1, 0.15) is 0 Å². The Kier molecular flexibility index (Phi) is 4.30. The zero-order valence-electron chi connectivity index (χ0n) is 9.05. The minimum atomic E-state index is 0.971. The molecule has 0 aromatic heterocycles. The van der Waals surface area contributed by atoms with Crippen LogP contribution >= 0.6 is 15.9 Å². The van der Waals surface area contributed by atoms with Gasteiger partial charge in [-0.15, -0.1) is 0 Å². The van der Waals surface area contributed by atoms with Crippen molar-refractivity contribution in [2.24, 2.45) is 5.92 Å². The van der Waals surface area contributed by atoms with Gasteiger partial charge in [0.2, 0.25) is 0 Å². The number of unbranched alkanes of at least 4 members (excludes halogenated alkanes) is 1. The average Bonchev–Trinajstić information content (AvgIpc) is 2.63. The van der Waals surface area contributed by atoms with Crippen molar-refractivity contribution in [3.8, 4) is 0 Å². The van der Waals surface area contributed by atoms with Gasteiger partial charge in [-0.1, -0.05) is 28.8 Å². The normalized spacial score (nSPS) is 33.2. The topological polar surface area (TPSA) is 3.24 Å². The Morgan fingerprint density at radius 1 is 1.07 bits per heavy atom. The van der Waals surface area contributed by atoms with Crippen LogP contribution in [-0.2, 0) is 0 Å². The van der Waals surface area contributed by atoms with Crippen LogP contribution in [-0.4, -0.2) is 29.4 Å². The van der Waals surface area contributed by atoms with Gasteiger partial charge in [-0.3, -0.25) is 0 Å². The number of hydrogen-bond donors (Lipinski definition) is 0. The molecule has 2 fully saturated rings. The van der Waals surface area contributed by atoms with E-state index in [9.17, 15) is 0 Å². The molecule has 0 amide bonds. The van der Waals surface area contributed by atoms with E-state index in [1.807, 2.05) is 0 Å². The van der Waals surface area contributed by atoms with Crippen molar-refractivity contribution in [1.29, 1.82) is 0 Å². The van der Waals surface area contributed by atoms with Gasteiger partial charge in [-0.2, -0.15) is 0 Å². The number of nitrogens with zero attached hydrogens (tertiary/aromatic N) is 1. The maximum absolute atomic E-state index is 3.51. The first-order valence-electron chi connectivity index (χ1n) is 6.22. The van der Waals surface area contributed by atoms with Crippen LogP contribution in [0.15, 0.2) is 0 Å². The standard InChI is InChI=1S/C12H22BrN/c13-8-3-4-9-14-10-7-11-5-1-2-6-12(11)14/h11-12H,1-10H2. The Morgan fingerprint density at radius 2 is 1.93 bits per heavy atom. The smallest absolute Gasteiger partial charge is 0.0124 e. The van der Waals surface area contributed by atoms with Crippen molar-refractivity contribution in [2.75, 3.05) is 18.4 Å². The number of fused-ring (bicyclic) bond motifs is 1.